The largest absolute Gasteiger partial charge is 0.462 e. The van der Waals surface area contributed by atoms with Crippen LogP contribution in [-0.2, 0) is 19.3 Å². The third-order valence-electron chi connectivity index (χ3n) is 2.85. The molecular formula is C17H22O5. The van der Waals surface area contributed by atoms with Gasteiger partial charge in [0.1, 0.15) is 0 Å². The summed E-state index contributed by atoms with van der Waals surface area (Å²) in [5.41, 5.74) is 0.871. The van der Waals surface area contributed by atoms with E-state index in [-0.39, 0.29) is 5.97 Å². The minimum atomic E-state index is -0.493. The molecule has 0 spiro atoms. The fourth-order valence-corrected chi connectivity index (χ4v) is 1.62. The molecule has 0 saturated carbocycles. The zero-order chi connectivity index (χ0) is 16.2. The van der Waals surface area contributed by atoms with Crippen LogP contribution in [0.25, 0.3) is 0 Å². The summed E-state index contributed by atoms with van der Waals surface area (Å²) in [6, 6.07) is 8.68. The highest BCUT2D eigenvalue weighted by Gasteiger charge is 2.06. The summed E-state index contributed by atoms with van der Waals surface area (Å²) in [6.07, 6.45) is 3.40. The van der Waals surface area contributed by atoms with E-state index in [9.17, 15) is 9.59 Å². The Balaban J connectivity index is 1.95. The van der Waals surface area contributed by atoms with Crippen LogP contribution in [0, 0.1) is 0 Å². The van der Waals surface area contributed by atoms with Crippen molar-refractivity contribution in [2.45, 2.75) is 32.6 Å². The van der Waals surface area contributed by atoms with Crippen LogP contribution in [0.4, 0.5) is 0 Å². The first-order valence-corrected chi connectivity index (χ1v) is 7.32. The lowest BCUT2D eigenvalue weighted by Crippen LogP contribution is -2.07. The van der Waals surface area contributed by atoms with Gasteiger partial charge in [-0.15, -0.1) is 0 Å². The van der Waals surface area contributed by atoms with Gasteiger partial charge in [0.2, 0.25) is 0 Å². The van der Waals surface area contributed by atoms with Crippen molar-refractivity contribution in [3.05, 3.63) is 48.0 Å². The molecule has 0 radical (unpaired) electrons. The van der Waals surface area contributed by atoms with E-state index in [1.165, 1.54) is 0 Å². The van der Waals surface area contributed by atoms with Crippen LogP contribution in [0.2, 0.25) is 0 Å². The topological polar surface area (TPSA) is 61.8 Å². The van der Waals surface area contributed by atoms with E-state index in [4.69, 9.17) is 14.5 Å². The fraction of sp³-hybridized carbons (Fsp3) is 0.412. The number of benzene rings is 1. The van der Waals surface area contributed by atoms with Gasteiger partial charge in [-0.3, -0.25) is 4.89 Å². The first-order valence-electron chi connectivity index (χ1n) is 7.32. The third kappa shape index (κ3) is 7.59. The van der Waals surface area contributed by atoms with E-state index in [2.05, 4.69) is 6.58 Å². The lowest BCUT2D eigenvalue weighted by Gasteiger charge is -2.05. The van der Waals surface area contributed by atoms with Gasteiger partial charge in [0.15, 0.2) is 0 Å². The van der Waals surface area contributed by atoms with Crippen LogP contribution in [0.15, 0.2) is 42.5 Å². The Morgan fingerprint density at radius 1 is 1.00 bits per heavy atom. The Bertz CT molecular complexity index is 481. The predicted octanol–water partition coefficient (Wildman–Crippen LogP) is 3.45. The van der Waals surface area contributed by atoms with E-state index in [0.717, 1.165) is 25.7 Å². The van der Waals surface area contributed by atoms with E-state index < -0.39 is 5.97 Å². The molecule has 0 aromatic heterocycles. The van der Waals surface area contributed by atoms with Gasteiger partial charge in [-0.05, 0) is 38.3 Å². The number of unbranched alkanes of at least 4 members (excludes halogenated alkanes) is 3. The Hall–Kier alpha value is -2.14. The molecule has 120 valence electrons. The first-order chi connectivity index (χ1) is 10.6. The minimum absolute atomic E-state index is 0.351. The van der Waals surface area contributed by atoms with Crippen molar-refractivity contribution >= 4 is 11.9 Å². The molecule has 0 heterocycles. The summed E-state index contributed by atoms with van der Waals surface area (Å²) in [4.78, 5) is 32.2. The van der Waals surface area contributed by atoms with E-state index in [0.29, 0.717) is 24.4 Å². The minimum Gasteiger partial charge on any atom is -0.462 e. The standard InChI is InChI=1S/C17H22O5/c1-14(2)16(18)20-12-8-3-4-9-13-21-22-17(19)15-10-6-5-7-11-15/h5-7,10-11H,1,3-4,8-9,12-13H2,2H3. The second kappa shape index (κ2) is 10.6. The molecule has 0 bridgehead atoms. The number of carbonyl (C=O) groups excluding carboxylic acids is 2. The van der Waals surface area contributed by atoms with Gasteiger partial charge in [0.05, 0.1) is 18.8 Å². The molecule has 1 aromatic carbocycles. The molecule has 0 saturated heterocycles. The molecule has 0 N–H and O–H groups in total. The second-order valence-electron chi connectivity index (χ2n) is 4.89. The van der Waals surface area contributed by atoms with Gasteiger partial charge < -0.3 is 4.74 Å². The Labute approximate surface area is 130 Å². The van der Waals surface area contributed by atoms with Gasteiger partial charge in [-0.2, -0.15) is 4.89 Å². The van der Waals surface area contributed by atoms with E-state index in [1.54, 1.807) is 31.2 Å². The Morgan fingerprint density at radius 3 is 2.27 bits per heavy atom. The Kier molecular flexibility index (Phi) is 8.60. The molecule has 1 rings (SSSR count). The van der Waals surface area contributed by atoms with Gasteiger partial charge in [-0.25, -0.2) is 9.59 Å². The highest BCUT2D eigenvalue weighted by Crippen LogP contribution is 2.04. The average Bonchev–Trinajstić information content (AvgIpc) is 2.53. The van der Waals surface area contributed by atoms with Crippen LogP contribution >= 0.6 is 0 Å². The zero-order valence-corrected chi connectivity index (χ0v) is 12.9. The van der Waals surface area contributed by atoms with E-state index >= 15 is 0 Å². The molecule has 0 atom stereocenters. The summed E-state index contributed by atoms with van der Waals surface area (Å²) >= 11 is 0. The first kappa shape index (κ1) is 17.9. The highest BCUT2D eigenvalue weighted by molar-refractivity contribution is 5.88. The molecular weight excluding hydrogens is 284 g/mol. The lowest BCUT2D eigenvalue weighted by atomic mass is 10.2. The van der Waals surface area contributed by atoms with Crippen molar-refractivity contribution < 1.29 is 24.1 Å². The molecule has 22 heavy (non-hydrogen) atoms. The summed E-state index contributed by atoms with van der Waals surface area (Å²) in [5, 5.41) is 0. The Morgan fingerprint density at radius 2 is 1.64 bits per heavy atom. The maximum atomic E-state index is 11.5. The molecule has 5 heteroatoms. The van der Waals surface area contributed by atoms with Crippen molar-refractivity contribution in [1.82, 2.24) is 0 Å². The van der Waals surface area contributed by atoms with Gasteiger partial charge in [0, 0.05) is 5.57 Å². The van der Waals surface area contributed by atoms with Crippen molar-refractivity contribution in [1.29, 1.82) is 0 Å². The molecule has 0 amide bonds. The molecule has 5 nitrogen and oxygen atoms in total. The van der Waals surface area contributed by atoms with Crippen LogP contribution in [0.1, 0.15) is 43.0 Å². The number of hydrogen-bond acceptors (Lipinski definition) is 5. The summed E-state index contributed by atoms with van der Waals surface area (Å²) < 4.78 is 4.97. The number of esters is 1. The smallest absolute Gasteiger partial charge is 0.373 e. The maximum Gasteiger partial charge on any atom is 0.373 e. The number of ether oxygens (including phenoxy) is 1. The maximum absolute atomic E-state index is 11.5. The molecule has 0 aliphatic rings. The molecule has 0 aliphatic carbocycles. The fourth-order valence-electron chi connectivity index (χ4n) is 1.62. The number of carbonyl (C=O) groups is 2. The molecule has 0 aliphatic heterocycles. The number of hydrogen-bond donors (Lipinski definition) is 0. The SMILES string of the molecule is C=C(C)C(=O)OCCCCCCOOC(=O)c1ccccc1. The quantitative estimate of drug-likeness (QED) is 0.218. The average molecular weight is 306 g/mol. The molecule has 0 unspecified atom stereocenters. The summed E-state index contributed by atoms with van der Waals surface area (Å²) in [5.74, 6) is -0.844. The molecule has 0 fully saturated rings. The van der Waals surface area contributed by atoms with Gasteiger partial charge in [-0.1, -0.05) is 31.2 Å². The summed E-state index contributed by atoms with van der Waals surface area (Å²) in [6.45, 7) is 5.88. The number of rotatable bonds is 10. The van der Waals surface area contributed by atoms with Crippen molar-refractivity contribution in [2.75, 3.05) is 13.2 Å². The van der Waals surface area contributed by atoms with Crippen molar-refractivity contribution in [3.63, 3.8) is 0 Å². The monoisotopic (exact) mass is 306 g/mol. The van der Waals surface area contributed by atoms with Crippen LogP contribution in [0.5, 0.6) is 0 Å². The normalized spacial score (nSPS) is 10.0. The predicted molar refractivity (Wildman–Crippen MR) is 82.1 cm³/mol. The molecule has 1 aromatic rings. The van der Waals surface area contributed by atoms with E-state index in [1.807, 2.05) is 6.07 Å². The second-order valence-corrected chi connectivity index (χ2v) is 4.89. The van der Waals surface area contributed by atoms with Crippen LogP contribution in [0.3, 0.4) is 0 Å². The summed E-state index contributed by atoms with van der Waals surface area (Å²) in [7, 11) is 0. The van der Waals surface area contributed by atoms with Crippen molar-refractivity contribution in [2.24, 2.45) is 0 Å². The van der Waals surface area contributed by atoms with Crippen LogP contribution < -0.4 is 0 Å². The third-order valence-corrected chi connectivity index (χ3v) is 2.85. The van der Waals surface area contributed by atoms with Gasteiger partial charge in [0.25, 0.3) is 0 Å². The van der Waals surface area contributed by atoms with Crippen LogP contribution in [-0.4, -0.2) is 25.2 Å². The lowest BCUT2D eigenvalue weighted by molar-refractivity contribution is -0.241. The zero-order valence-electron chi connectivity index (χ0n) is 12.9. The highest BCUT2D eigenvalue weighted by atomic mass is 17.2. The van der Waals surface area contributed by atoms with Gasteiger partial charge >= 0.3 is 11.9 Å². The van der Waals surface area contributed by atoms with Crippen molar-refractivity contribution in [3.8, 4) is 0 Å².